The molecule has 1 heterocycles. The van der Waals surface area contributed by atoms with Gasteiger partial charge in [0.05, 0.1) is 6.07 Å². The Bertz CT molecular complexity index is 401. The first-order chi connectivity index (χ1) is 7.70. The maximum atomic E-state index is 13.2. The Morgan fingerprint density at radius 3 is 2.56 bits per heavy atom. The molecule has 1 saturated heterocycles. The van der Waals surface area contributed by atoms with E-state index in [-0.39, 0.29) is 11.9 Å². The van der Waals surface area contributed by atoms with E-state index < -0.39 is 0 Å². The summed E-state index contributed by atoms with van der Waals surface area (Å²) in [5, 5.41) is 9.51. The van der Waals surface area contributed by atoms with E-state index in [1.54, 1.807) is 6.07 Å². The van der Waals surface area contributed by atoms with Gasteiger partial charge in [-0.05, 0) is 49.7 Å². The number of nitrogens with zero attached hydrogens (tertiary/aromatic N) is 2. The Morgan fingerprint density at radius 1 is 1.31 bits per heavy atom. The fourth-order valence-electron chi connectivity index (χ4n) is 2.10. The topological polar surface area (TPSA) is 27.0 Å². The number of hydrogen-bond donors (Lipinski definition) is 0. The highest BCUT2D eigenvalue weighted by molar-refractivity contribution is 6.30. The lowest BCUT2D eigenvalue weighted by Gasteiger charge is -2.21. The zero-order chi connectivity index (χ0) is 11.5. The van der Waals surface area contributed by atoms with Crippen LogP contribution in [0.25, 0.3) is 0 Å². The molecule has 0 bridgehead atoms. The van der Waals surface area contributed by atoms with Crippen molar-refractivity contribution < 1.29 is 4.39 Å². The molecule has 1 aromatic rings. The molecule has 16 heavy (non-hydrogen) atoms. The minimum Gasteiger partial charge on any atom is -0.284 e. The average Bonchev–Trinajstić information content (AvgIpc) is 2.70. The van der Waals surface area contributed by atoms with Crippen LogP contribution in [0.3, 0.4) is 0 Å². The molecular weight excluding hydrogens is 227 g/mol. The molecule has 2 nitrogen and oxygen atoms in total. The van der Waals surface area contributed by atoms with Crippen molar-refractivity contribution in [3.63, 3.8) is 0 Å². The summed E-state index contributed by atoms with van der Waals surface area (Å²) in [6.07, 6.45) is 2.20. The molecule has 1 fully saturated rings. The van der Waals surface area contributed by atoms with Crippen molar-refractivity contribution in [3.8, 4) is 6.07 Å². The Morgan fingerprint density at radius 2 is 2.00 bits per heavy atom. The molecule has 4 heteroatoms. The van der Waals surface area contributed by atoms with E-state index in [0.717, 1.165) is 25.9 Å². The molecule has 1 atom stereocenters. The number of likely N-dealkylation sites (tertiary alicyclic amines) is 1. The van der Waals surface area contributed by atoms with Gasteiger partial charge in [-0.3, -0.25) is 4.90 Å². The van der Waals surface area contributed by atoms with E-state index in [0.29, 0.717) is 10.6 Å². The van der Waals surface area contributed by atoms with Gasteiger partial charge in [0.2, 0.25) is 0 Å². The van der Waals surface area contributed by atoms with Crippen molar-refractivity contribution in [1.82, 2.24) is 4.90 Å². The van der Waals surface area contributed by atoms with Gasteiger partial charge >= 0.3 is 0 Å². The lowest BCUT2D eigenvalue weighted by atomic mass is 10.1. The maximum absolute atomic E-state index is 13.2. The van der Waals surface area contributed by atoms with Gasteiger partial charge in [0, 0.05) is 5.02 Å². The average molecular weight is 239 g/mol. The number of nitriles is 1. The van der Waals surface area contributed by atoms with Crippen LogP contribution in [0.15, 0.2) is 18.2 Å². The molecule has 1 aliphatic rings. The van der Waals surface area contributed by atoms with Crippen molar-refractivity contribution in [3.05, 3.63) is 34.6 Å². The predicted octanol–water partition coefficient (Wildman–Crippen LogP) is 3.14. The first kappa shape index (κ1) is 11.4. The first-order valence-corrected chi connectivity index (χ1v) is 5.68. The number of halogens is 2. The first-order valence-electron chi connectivity index (χ1n) is 5.30. The number of benzene rings is 1. The molecular formula is C12H12ClFN2. The smallest absolute Gasteiger partial charge is 0.125 e. The van der Waals surface area contributed by atoms with Crippen molar-refractivity contribution in [2.45, 2.75) is 18.9 Å². The van der Waals surface area contributed by atoms with E-state index in [2.05, 4.69) is 11.0 Å². The van der Waals surface area contributed by atoms with Crippen LogP contribution >= 0.6 is 11.6 Å². The van der Waals surface area contributed by atoms with Crippen molar-refractivity contribution >= 4 is 11.6 Å². The number of hydrogen-bond acceptors (Lipinski definition) is 2. The van der Waals surface area contributed by atoms with Crippen molar-refractivity contribution in [2.24, 2.45) is 0 Å². The highest BCUT2D eigenvalue weighted by Crippen LogP contribution is 2.27. The molecule has 1 unspecified atom stereocenters. The summed E-state index contributed by atoms with van der Waals surface area (Å²) in [4.78, 5) is 2.06. The predicted molar refractivity (Wildman–Crippen MR) is 60.6 cm³/mol. The zero-order valence-electron chi connectivity index (χ0n) is 8.79. The van der Waals surface area contributed by atoms with Gasteiger partial charge < -0.3 is 0 Å². The molecule has 1 aliphatic heterocycles. The Balaban J connectivity index is 2.29. The van der Waals surface area contributed by atoms with E-state index >= 15 is 0 Å². The standard InChI is InChI=1S/C12H12ClFN2/c13-10-5-9(6-11(14)7-10)12(8-15)16-3-1-2-4-16/h5-7,12H,1-4H2. The quantitative estimate of drug-likeness (QED) is 0.792. The summed E-state index contributed by atoms with van der Waals surface area (Å²) in [5.41, 5.74) is 0.648. The van der Waals surface area contributed by atoms with Gasteiger partial charge in [0.1, 0.15) is 11.9 Å². The highest BCUT2D eigenvalue weighted by Gasteiger charge is 2.23. The van der Waals surface area contributed by atoms with Crippen LogP contribution in [0.4, 0.5) is 4.39 Å². The van der Waals surface area contributed by atoms with E-state index in [1.807, 2.05) is 0 Å². The zero-order valence-corrected chi connectivity index (χ0v) is 9.54. The Kier molecular flexibility index (Phi) is 3.42. The van der Waals surface area contributed by atoms with E-state index in [9.17, 15) is 4.39 Å². The molecule has 0 amide bonds. The monoisotopic (exact) mass is 238 g/mol. The van der Waals surface area contributed by atoms with Gasteiger partial charge in [-0.1, -0.05) is 11.6 Å². The molecule has 84 valence electrons. The van der Waals surface area contributed by atoms with Gasteiger partial charge in [-0.25, -0.2) is 4.39 Å². The number of rotatable bonds is 2. The summed E-state index contributed by atoms with van der Waals surface area (Å²) >= 11 is 5.79. The lowest BCUT2D eigenvalue weighted by molar-refractivity contribution is 0.294. The second kappa shape index (κ2) is 4.82. The fourth-order valence-corrected chi connectivity index (χ4v) is 2.33. The van der Waals surface area contributed by atoms with Crippen LogP contribution in [0.1, 0.15) is 24.4 Å². The van der Waals surface area contributed by atoms with Crippen LogP contribution in [0, 0.1) is 17.1 Å². The molecule has 0 radical (unpaired) electrons. The van der Waals surface area contributed by atoms with Gasteiger partial charge in [-0.2, -0.15) is 5.26 Å². The second-order valence-electron chi connectivity index (χ2n) is 3.98. The third-order valence-corrected chi connectivity index (χ3v) is 3.05. The van der Waals surface area contributed by atoms with Crippen LogP contribution in [0.5, 0.6) is 0 Å². The molecule has 0 aliphatic carbocycles. The Hall–Kier alpha value is -1.11. The fraction of sp³-hybridized carbons (Fsp3) is 0.417. The molecule has 0 spiro atoms. The molecule has 0 N–H and O–H groups in total. The van der Waals surface area contributed by atoms with E-state index in [1.165, 1.54) is 12.1 Å². The van der Waals surface area contributed by atoms with Crippen LogP contribution < -0.4 is 0 Å². The third kappa shape index (κ3) is 2.34. The summed E-state index contributed by atoms with van der Waals surface area (Å²) in [6.45, 7) is 1.79. The van der Waals surface area contributed by atoms with Gasteiger partial charge in [-0.15, -0.1) is 0 Å². The third-order valence-electron chi connectivity index (χ3n) is 2.83. The SMILES string of the molecule is N#CC(c1cc(F)cc(Cl)c1)N1CCCC1. The molecule has 2 rings (SSSR count). The molecule has 1 aromatic carbocycles. The summed E-state index contributed by atoms with van der Waals surface area (Å²) in [7, 11) is 0. The molecule has 0 saturated carbocycles. The van der Waals surface area contributed by atoms with Gasteiger partial charge in [0.15, 0.2) is 0 Å². The van der Waals surface area contributed by atoms with Crippen LogP contribution in [-0.4, -0.2) is 18.0 Å². The minimum atomic E-state index is -0.387. The minimum absolute atomic E-state index is 0.342. The highest BCUT2D eigenvalue weighted by atomic mass is 35.5. The second-order valence-corrected chi connectivity index (χ2v) is 4.41. The van der Waals surface area contributed by atoms with Crippen molar-refractivity contribution in [2.75, 3.05) is 13.1 Å². The van der Waals surface area contributed by atoms with E-state index in [4.69, 9.17) is 16.9 Å². The Labute approximate surface area is 99.2 Å². The summed E-state index contributed by atoms with van der Waals surface area (Å²) < 4.78 is 13.2. The van der Waals surface area contributed by atoms with Crippen molar-refractivity contribution in [1.29, 1.82) is 5.26 Å². The van der Waals surface area contributed by atoms with Crippen LogP contribution in [0.2, 0.25) is 5.02 Å². The van der Waals surface area contributed by atoms with Gasteiger partial charge in [0.25, 0.3) is 0 Å². The normalized spacial score (nSPS) is 18.3. The lowest BCUT2D eigenvalue weighted by Crippen LogP contribution is -2.24. The largest absolute Gasteiger partial charge is 0.284 e. The summed E-state index contributed by atoms with van der Waals surface area (Å²) in [6, 6.07) is 6.14. The summed E-state index contributed by atoms with van der Waals surface area (Å²) in [5.74, 6) is -0.387. The maximum Gasteiger partial charge on any atom is 0.125 e. The molecule has 0 aromatic heterocycles. The van der Waals surface area contributed by atoms with Crippen LogP contribution in [-0.2, 0) is 0 Å².